The van der Waals surface area contributed by atoms with E-state index in [1.165, 1.54) is 45.5 Å². The molecular weight excluding hydrogens is 470 g/mol. The average Bonchev–Trinajstić information content (AvgIpc) is 2.89. The van der Waals surface area contributed by atoms with Crippen molar-refractivity contribution in [3.8, 4) is 33.4 Å². The highest BCUT2D eigenvalue weighted by atomic mass is 19.1. The van der Waals surface area contributed by atoms with Crippen molar-refractivity contribution in [3.05, 3.63) is 105 Å². The minimum Gasteiger partial charge on any atom is -0.206 e. The molecular formula is C36H40F2. The van der Waals surface area contributed by atoms with Crippen molar-refractivity contribution >= 4 is 0 Å². The van der Waals surface area contributed by atoms with E-state index in [0.29, 0.717) is 22.3 Å². The number of hydrogen-bond acceptors (Lipinski definition) is 0. The smallest absolute Gasteiger partial charge is 0.131 e. The molecule has 0 unspecified atom stereocenters. The Hall–Kier alpha value is -3.26. The van der Waals surface area contributed by atoms with Crippen LogP contribution >= 0.6 is 0 Å². The summed E-state index contributed by atoms with van der Waals surface area (Å²) < 4.78 is 31.0. The normalized spacial score (nSPS) is 11.3. The Kier molecular flexibility index (Phi) is 8.21. The van der Waals surface area contributed by atoms with Crippen LogP contribution in [0.2, 0.25) is 0 Å². The first kappa shape index (κ1) is 27.8. The lowest BCUT2D eigenvalue weighted by Gasteiger charge is -2.18. The lowest BCUT2D eigenvalue weighted by atomic mass is 9.87. The molecule has 0 fully saturated rings. The average molecular weight is 511 g/mol. The second kappa shape index (κ2) is 11.2. The molecule has 4 aromatic rings. The summed E-state index contributed by atoms with van der Waals surface area (Å²) in [7, 11) is 0. The Bertz CT molecular complexity index is 1390. The van der Waals surface area contributed by atoms with Crippen LogP contribution in [0.1, 0.15) is 71.2 Å². The highest BCUT2D eigenvalue weighted by Gasteiger charge is 2.17. The lowest BCUT2D eigenvalue weighted by Crippen LogP contribution is -2.00. The van der Waals surface area contributed by atoms with Gasteiger partial charge >= 0.3 is 0 Å². The van der Waals surface area contributed by atoms with Gasteiger partial charge in [-0.15, -0.1) is 0 Å². The second-order valence-electron chi connectivity index (χ2n) is 10.8. The highest BCUT2D eigenvalue weighted by molar-refractivity contribution is 5.77. The molecule has 0 aliphatic heterocycles. The van der Waals surface area contributed by atoms with Gasteiger partial charge in [-0.2, -0.15) is 0 Å². The Balaban J connectivity index is 1.72. The molecule has 2 heteroatoms. The first-order chi connectivity index (χ1) is 18.1. The Morgan fingerprint density at radius 2 is 0.842 bits per heavy atom. The molecule has 0 aromatic heterocycles. The van der Waals surface area contributed by atoms with E-state index in [9.17, 15) is 0 Å². The van der Waals surface area contributed by atoms with Crippen LogP contribution in [0.15, 0.2) is 48.5 Å². The van der Waals surface area contributed by atoms with E-state index in [2.05, 4.69) is 67.5 Å². The van der Waals surface area contributed by atoms with Gasteiger partial charge in [-0.1, -0.05) is 63.1 Å². The molecule has 0 N–H and O–H groups in total. The molecule has 0 spiro atoms. The minimum atomic E-state index is -0.286. The number of benzene rings is 4. The lowest BCUT2D eigenvalue weighted by molar-refractivity contribution is 0.629. The SMILES string of the molecule is CCCc1c(C)cc(-c2ccc(-c3ccc(-c4cc(C)c(CCC)c(C)c4C)c(F)c3)cc2F)c(C)c1C. The van der Waals surface area contributed by atoms with Crippen LogP contribution in [-0.4, -0.2) is 0 Å². The van der Waals surface area contributed by atoms with Crippen molar-refractivity contribution in [1.82, 2.24) is 0 Å². The molecule has 0 nitrogen and oxygen atoms in total. The van der Waals surface area contributed by atoms with E-state index in [1.807, 2.05) is 24.3 Å². The van der Waals surface area contributed by atoms with Crippen LogP contribution in [-0.2, 0) is 12.8 Å². The van der Waals surface area contributed by atoms with Crippen LogP contribution in [0.3, 0.4) is 0 Å². The number of halogens is 2. The molecule has 0 radical (unpaired) electrons. The monoisotopic (exact) mass is 510 g/mol. The van der Waals surface area contributed by atoms with Crippen LogP contribution < -0.4 is 0 Å². The zero-order valence-corrected chi connectivity index (χ0v) is 24.2. The van der Waals surface area contributed by atoms with E-state index in [1.54, 1.807) is 0 Å². The van der Waals surface area contributed by atoms with E-state index >= 15 is 8.78 Å². The van der Waals surface area contributed by atoms with Crippen molar-refractivity contribution in [2.45, 2.75) is 81.1 Å². The zero-order chi connectivity index (χ0) is 27.7. The summed E-state index contributed by atoms with van der Waals surface area (Å²) in [6.07, 6.45) is 4.23. The van der Waals surface area contributed by atoms with E-state index in [4.69, 9.17) is 0 Å². The molecule has 198 valence electrons. The van der Waals surface area contributed by atoms with Crippen molar-refractivity contribution in [1.29, 1.82) is 0 Å². The number of rotatable bonds is 7. The maximum Gasteiger partial charge on any atom is 0.131 e. The van der Waals surface area contributed by atoms with Gasteiger partial charge in [0.2, 0.25) is 0 Å². The van der Waals surface area contributed by atoms with Crippen molar-refractivity contribution in [3.63, 3.8) is 0 Å². The van der Waals surface area contributed by atoms with E-state index in [0.717, 1.165) is 47.9 Å². The molecule has 4 aromatic carbocycles. The first-order valence-electron chi connectivity index (χ1n) is 13.9. The van der Waals surface area contributed by atoms with Crippen molar-refractivity contribution < 1.29 is 8.78 Å². The molecule has 0 heterocycles. The summed E-state index contributed by atoms with van der Waals surface area (Å²) in [6, 6.07) is 14.8. The van der Waals surface area contributed by atoms with Gasteiger partial charge in [-0.3, -0.25) is 0 Å². The van der Waals surface area contributed by atoms with Gasteiger partial charge in [0, 0.05) is 11.1 Å². The molecule has 0 saturated carbocycles. The minimum absolute atomic E-state index is 0.286. The van der Waals surface area contributed by atoms with Gasteiger partial charge in [0.05, 0.1) is 0 Å². The fourth-order valence-electron chi connectivity index (χ4n) is 5.93. The predicted octanol–water partition coefficient (Wildman–Crippen LogP) is 10.7. The van der Waals surface area contributed by atoms with Crippen LogP contribution in [0.25, 0.3) is 33.4 Å². The summed E-state index contributed by atoms with van der Waals surface area (Å²) in [5.41, 5.74) is 14.2. The Morgan fingerprint density at radius 1 is 0.474 bits per heavy atom. The molecule has 0 saturated heterocycles. The Morgan fingerprint density at radius 3 is 1.16 bits per heavy atom. The molecule has 38 heavy (non-hydrogen) atoms. The van der Waals surface area contributed by atoms with Gasteiger partial charge in [-0.05, 0) is 133 Å². The van der Waals surface area contributed by atoms with E-state index in [-0.39, 0.29) is 11.6 Å². The molecule has 4 rings (SSSR count). The molecule has 0 atom stereocenters. The van der Waals surface area contributed by atoms with Gasteiger partial charge in [0.15, 0.2) is 0 Å². The Labute approximate surface area is 227 Å². The first-order valence-corrected chi connectivity index (χ1v) is 13.9. The van der Waals surface area contributed by atoms with Gasteiger partial charge in [0.1, 0.15) is 11.6 Å². The van der Waals surface area contributed by atoms with E-state index < -0.39 is 0 Å². The third kappa shape index (κ3) is 5.06. The molecule has 0 aliphatic rings. The van der Waals surface area contributed by atoms with Crippen LogP contribution in [0.4, 0.5) is 8.78 Å². The van der Waals surface area contributed by atoms with Crippen LogP contribution in [0.5, 0.6) is 0 Å². The zero-order valence-electron chi connectivity index (χ0n) is 24.2. The topological polar surface area (TPSA) is 0 Å². The molecule has 0 aliphatic carbocycles. The van der Waals surface area contributed by atoms with Crippen molar-refractivity contribution in [2.75, 3.05) is 0 Å². The fraction of sp³-hybridized carbons (Fsp3) is 0.333. The van der Waals surface area contributed by atoms with Crippen molar-refractivity contribution in [2.24, 2.45) is 0 Å². The molecule has 0 bridgehead atoms. The fourth-order valence-corrected chi connectivity index (χ4v) is 5.93. The number of hydrogen-bond donors (Lipinski definition) is 0. The summed E-state index contributed by atoms with van der Waals surface area (Å²) in [6.45, 7) is 17.0. The third-order valence-corrected chi connectivity index (χ3v) is 8.36. The quantitative estimate of drug-likeness (QED) is 0.232. The maximum absolute atomic E-state index is 15.5. The van der Waals surface area contributed by atoms with Gasteiger partial charge in [-0.25, -0.2) is 8.78 Å². The number of aryl methyl sites for hydroxylation is 2. The van der Waals surface area contributed by atoms with Gasteiger partial charge < -0.3 is 0 Å². The standard InChI is InChI=1S/C36H40F2/c1-9-11-29-21(3)17-33(25(7)23(29)5)31-15-13-27(19-35(31)37)28-14-16-32(36(38)20-28)34-18-22(4)30(12-10-2)24(6)26(34)8/h13-20H,9-12H2,1-8H3. The van der Waals surface area contributed by atoms with Crippen LogP contribution in [0, 0.1) is 53.2 Å². The van der Waals surface area contributed by atoms with Gasteiger partial charge in [0.25, 0.3) is 0 Å². The summed E-state index contributed by atoms with van der Waals surface area (Å²) in [4.78, 5) is 0. The summed E-state index contributed by atoms with van der Waals surface area (Å²) in [5.74, 6) is -0.573. The second-order valence-corrected chi connectivity index (χ2v) is 10.8. The summed E-state index contributed by atoms with van der Waals surface area (Å²) in [5, 5.41) is 0. The largest absolute Gasteiger partial charge is 0.206 e. The predicted molar refractivity (Wildman–Crippen MR) is 159 cm³/mol. The molecule has 0 amide bonds. The third-order valence-electron chi connectivity index (χ3n) is 8.36. The summed E-state index contributed by atoms with van der Waals surface area (Å²) >= 11 is 0. The highest BCUT2D eigenvalue weighted by Crippen LogP contribution is 2.37. The maximum atomic E-state index is 15.5.